The van der Waals surface area contributed by atoms with Gasteiger partial charge < -0.3 is 14.0 Å². The standard InChI is InChI=1S/C51H32N4/c1-4-12-35(13-5-1)53(38-23-27-46-43(31-38)39-18-10-11-19-44(39)54(46)36-14-6-2-7-15-36)45-26-22-33-20-25-42-50-34(21-24-40(45)49(33)50)30-47-51(42)41-28-29-52-32-48(41)55(47)37-16-8-3-9-17-37/h1-32H. The number of nitrogens with zero attached hydrogens (tertiary/aromatic N) is 4. The van der Waals surface area contributed by atoms with E-state index in [-0.39, 0.29) is 0 Å². The second-order valence-corrected chi connectivity index (χ2v) is 14.4. The molecule has 0 saturated heterocycles. The highest BCUT2D eigenvalue weighted by Gasteiger charge is 2.23. The van der Waals surface area contributed by atoms with E-state index in [2.05, 4.69) is 201 Å². The van der Waals surface area contributed by atoms with Gasteiger partial charge in [-0.25, -0.2) is 0 Å². The monoisotopic (exact) mass is 700 g/mol. The van der Waals surface area contributed by atoms with E-state index in [1.54, 1.807) is 0 Å². The molecule has 0 aliphatic rings. The number of benzene rings is 9. The molecule has 3 aromatic heterocycles. The minimum absolute atomic E-state index is 1.11. The Balaban J connectivity index is 1.14. The predicted octanol–water partition coefficient (Wildman–Crippen LogP) is 13.6. The van der Waals surface area contributed by atoms with Gasteiger partial charge in [0.1, 0.15) is 0 Å². The topological polar surface area (TPSA) is 26.0 Å². The van der Waals surface area contributed by atoms with Gasteiger partial charge in [-0.15, -0.1) is 0 Å². The van der Waals surface area contributed by atoms with Crippen LogP contribution in [0, 0.1) is 0 Å². The fourth-order valence-electron chi connectivity index (χ4n) is 9.22. The van der Waals surface area contributed by atoms with E-state index in [9.17, 15) is 0 Å². The van der Waals surface area contributed by atoms with Crippen molar-refractivity contribution in [3.8, 4) is 11.4 Å². The number of aromatic nitrogens is 3. The fourth-order valence-corrected chi connectivity index (χ4v) is 9.22. The summed E-state index contributed by atoms with van der Waals surface area (Å²) < 4.78 is 4.74. The number of para-hydroxylation sites is 4. The van der Waals surface area contributed by atoms with Gasteiger partial charge >= 0.3 is 0 Å². The maximum atomic E-state index is 4.58. The highest BCUT2D eigenvalue weighted by Crippen LogP contribution is 2.47. The van der Waals surface area contributed by atoms with E-state index < -0.39 is 0 Å². The third-order valence-corrected chi connectivity index (χ3v) is 11.5. The van der Waals surface area contributed by atoms with Crippen LogP contribution in [0.25, 0.3) is 87.3 Å². The lowest BCUT2D eigenvalue weighted by molar-refractivity contribution is 1.17. The molecule has 256 valence electrons. The molecule has 0 radical (unpaired) electrons. The van der Waals surface area contributed by atoms with Crippen molar-refractivity contribution in [3.63, 3.8) is 0 Å². The number of hydrogen-bond donors (Lipinski definition) is 0. The summed E-state index contributed by atoms with van der Waals surface area (Å²) in [4.78, 5) is 7.01. The van der Waals surface area contributed by atoms with Crippen molar-refractivity contribution in [2.24, 2.45) is 0 Å². The molecule has 0 fully saturated rings. The second-order valence-electron chi connectivity index (χ2n) is 14.4. The molecule has 12 aromatic rings. The van der Waals surface area contributed by atoms with Crippen LogP contribution in [0.5, 0.6) is 0 Å². The highest BCUT2D eigenvalue weighted by atomic mass is 15.1. The lowest BCUT2D eigenvalue weighted by atomic mass is 9.91. The van der Waals surface area contributed by atoms with Crippen LogP contribution >= 0.6 is 0 Å². The molecule has 9 aromatic carbocycles. The zero-order valence-corrected chi connectivity index (χ0v) is 29.8. The van der Waals surface area contributed by atoms with Gasteiger partial charge in [0.05, 0.1) is 34.0 Å². The van der Waals surface area contributed by atoms with E-state index in [4.69, 9.17) is 0 Å². The largest absolute Gasteiger partial charge is 0.310 e. The average Bonchev–Trinajstić information content (AvgIpc) is 3.77. The Kier molecular flexibility index (Phi) is 6.31. The molecule has 12 rings (SSSR count). The highest BCUT2D eigenvalue weighted by molar-refractivity contribution is 6.34. The Morgan fingerprint density at radius 3 is 1.80 bits per heavy atom. The SMILES string of the molecule is c1ccc(N(c2ccc3c(c2)c2ccccc2n3-c2ccccc2)c2ccc3ccc4c5c(ccc2c35)cc2c4c3ccncc3n2-c2ccccc2)cc1. The zero-order chi connectivity index (χ0) is 36.0. The van der Waals surface area contributed by atoms with Gasteiger partial charge in [-0.3, -0.25) is 4.98 Å². The molecule has 55 heavy (non-hydrogen) atoms. The number of rotatable bonds is 5. The van der Waals surface area contributed by atoms with E-state index in [1.807, 2.05) is 12.4 Å². The van der Waals surface area contributed by atoms with Crippen LogP contribution in [0.3, 0.4) is 0 Å². The molecule has 0 saturated carbocycles. The average molecular weight is 701 g/mol. The Morgan fingerprint density at radius 2 is 1.00 bits per heavy atom. The van der Waals surface area contributed by atoms with Crippen molar-refractivity contribution >= 4 is 93.0 Å². The molecular weight excluding hydrogens is 669 g/mol. The first kappa shape index (κ1) is 30.1. The molecule has 0 atom stereocenters. The maximum Gasteiger partial charge on any atom is 0.0724 e. The smallest absolute Gasteiger partial charge is 0.0724 e. The summed E-state index contributed by atoms with van der Waals surface area (Å²) in [6.45, 7) is 0. The number of pyridine rings is 1. The lowest BCUT2D eigenvalue weighted by Crippen LogP contribution is -2.10. The fraction of sp³-hybridized carbons (Fsp3) is 0. The minimum atomic E-state index is 1.11. The Morgan fingerprint density at radius 1 is 0.364 bits per heavy atom. The third kappa shape index (κ3) is 4.31. The van der Waals surface area contributed by atoms with E-state index in [1.165, 1.54) is 70.4 Å². The molecule has 0 unspecified atom stereocenters. The summed E-state index contributed by atoms with van der Waals surface area (Å²) in [5, 5.41) is 12.5. The Bertz CT molecular complexity index is 3420. The zero-order valence-electron chi connectivity index (χ0n) is 29.8. The van der Waals surface area contributed by atoms with Gasteiger partial charge in [-0.05, 0) is 106 Å². The maximum absolute atomic E-state index is 4.58. The second kappa shape index (κ2) is 11.5. The van der Waals surface area contributed by atoms with Crippen LogP contribution in [0.2, 0.25) is 0 Å². The van der Waals surface area contributed by atoms with Gasteiger partial charge in [-0.2, -0.15) is 0 Å². The first-order valence-corrected chi connectivity index (χ1v) is 18.8. The van der Waals surface area contributed by atoms with E-state index >= 15 is 0 Å². The van der Waals surface area contributed by atoms with Crippen molar-refractivity contribution in [1.82, 2.24) is 14.1 Å². The predicted molar refractivity (Wildman–Crippen MR) is 231 cm³/mol. The first-order chi connectivity index (χ1) is 27.3. The minimum Gasteiger partial charge on any atom is -0.310 e. The summed E-state index contributed by atoms with van der Waals surface area (Å²) >= 11 is 0. The van der Waals surface area contributed by atoms with E-state index in [0.29, 0.717) is 0 Å². The molecule has 0 bridgehead atoms. The van der Waals surface area contributed by atoms with Gasteiger partial charge in [-0.1, -0.05) is 103 Å². The third-order valence-electron chi connectivity index (χ3n) is 11.5. The van der Waals surface area contributed by atoms with Crippen molar-refractivity contribution in [2.45, 2.75) is 0 Å². The number of anilines is 3. The van der Waals surface area contributed by atoms with Gasteiger partial charge in [0, 0.05) is 55.9 Å². The first-order valence-electron chi connectivity index (χ1n) is 18.8. The van der Waals surface area contributed by atoms with Crippen LogP contribution in [0.15, 0.2) is 194 Å². The number of fused-ring (bicyclic) bond motifs is 7. The molecule has 4 nitrogen and oxygen atoms in total. The molecule has 0 N–H and O–H groups in total. The quantitative estimate of drug-likeness (QED) is 0.167. The molecule has 3 heterocycles. The van der Waals surface area contributed by atoms with Gasteiger partial charge in [0.25, 0.3) is 0 Å². The summed E-state index contributed by atoms with van der Waals surface area (Å²) in [7, 11) is 0. The lowest BCUT2D eigenvalue weighted by Gasteiger charge is -2.28. The van der Waals surface area contributed by atoms with Crippen LogP contribution < -0.4 is 4.90 Å². The summed E-state index contributed by atoms with van der Waals surface area (Å²) in [5.74, 6) is 0. The summed E-state index contributed by atoms with van der Waals surface area (Å²) in [6.07, 6.45) is 3.92. The van der Waals surface area contributed by atoms with Crippen molar-refractivity contribution in [2.75, 3.05) is 4.90 Å². The number of hydrogen-bond acceptors (Lipinski definition) is 2. The molecule has 0 amide bonds. The summed E-state index contributed by atoms with van der Waals surface area (Å²) in [6, 6.07) is 66.2. The normalized spacial score (nSPS) is 12.0. The van der Waals surface area contributed by atoms with Crippen molar-refractivity contribution in [3.05, 3.63) is 194 Å². The van der Waals surface area contributed by atoms with Crippen LogP contribution in [-0.4, -0.2) is 14.1 Å². The molecular formula is C51H32N4. The van der Waals surface area contributed by atoms with Crippen LogP contribution in [-0.2, 0) is 0 Å². The van der Waals surface area contributed by atoms with Crippen molar-refractivity contribution < 1.29 is 0 Å². The Labute approximate surface area is 316 Å². The molecule has 0 spiro atoms. The summed E-state index contributed by atoms with van der Waals surface area (Å²) in [5.41, 5.74) is 10.4. The van der Waals surface area contributed by atoms with Gasteiger partial charge in [0.2, 0.25) is 0 Å². The molecule has 4 heteroatoms. The Hall–Kier alpha value is -7.43. The molecule has 0 aliphatic carbocycles. The van der Waals surface area contributed by atoms with Crippen LogP contribution in [0.4, 0.5) is 17.1 Å². The van der Waals surface area contributed by atoms with Crippen LogP contribution in [0.1, 0.15) is 0 Å². The molecule has 0 aliphatic heterocycles. The van der Waals surface area contributed by atoms with Gasteiger partial charge in [0.15, 0.2) is 0 Å². The van der Waals surface area contributed by atoms with Crippen molar-refractivity contribution in [1.29, 1.82) is 0 Å². The van der Waals surface area contributed by atoms with E-state index in [0.717, 1.165) is 34.0 Å².